The van der Waals surface area contributed by atoms with E-state index >= 15 is 0 Å². The van der Waals surface area contributed by atoms with Crippen LogP contribution in [0.15, 0.2) is 30.7 Å². The van der Waals surface area contributed by atoms with Gasteiger partial charge >= 0.3 is 0 Å². The van der Waals surface area contributed by atoms with Crippen LogP contribution >= 0.6 is 0 Å². The maximum atomic E-state index is 12.9. The molecule has 3 N–H and O–H groups in total. The second kappa shape index (κ2) is 7.89. The Morgan fingerprint density at radius 3 is 2.90 bits per heavy atom. The minimum absolute atomic E-state index is 0.203. The summed E-state index contributed by atoms with van der Waals surface area (Å²) in [5, 5.41) is 2.32. The molecule has 0 spiro atoms. The summed E-state index contributed by atoms with van der Waals surface area (Å²) in [5.41, 5.74) is 8.46. The first-order valence-electron chi connectivity index (χ1n) is 9.57. The lowest BCUT2D eigenvalue weighted by molar-refractivity contribution is -0.136. The maximum Gasteiger partial charge on any atom is 0.255 e. The number of aromatic nitrogens is 2. The average molecular weight is 391 g/mol. The molecule has 2 aliphatic heterocycles. The third-order valence-corrected chi connectivity index (χ3v) is 5.22. The summed E-state index contributed by atoms with van der Waals surface area (Å²) < 4.78 is 1.95. The summed E-state index contributed by atoms with van der Waals surface area (Å²) in [6, 6.07) is 4.78. The zero-order chi connectivity index (χ0) is 20.4. The van der Waals surface area contributed by atoms with Gasteiger partial charge in [-0.25, -0.2) is 4.98 Å². The van der Waals surface area contributed by atoms with Gasteiger partial charge in [-0.3, -0.25) is 19.7 Å². The Labute approximate surface area is 168 Å². The number of nitrogens with one attached hydrogen (secondary N) is 1. The number of hydrogen-bond donors (Lipinski definition) is 2. The molecule has 0 saturated carbocycles. The molecule has 1 unspecified atom stereocenters. The summed E-state index contributed by atoms with van der Waals surface area (Å²) in [4.78, 5) is 42.2. The van der Waals surface area contributed by atoms with Crippen molar-refractivity contribution in [2.75, 3.05) is 6.54 Å². The molecule has 1 aromatic carbocycles. The minimum Gasteiger partial charge on any atom is -0.330 e. The second-order valence-corrected chi connectivity index (χ2v) is 7.10. The molecule has 8 heteroatoms. The molecule has 2 aliphatic rings. The highest BCUT2D eigenvalue weighted by Gasteiger charge is 2.39. The largest absolute Gasteiger partial charge is 0.330 e. The van der Waals surface area contributed by atoms with Crippen LogP contribution in [0.4, 0.5) is 0 Å². The van der Waals surface area contributed by atoms with Gasteiger partial charge in [0.25, 0.3) is 5.91 Å². The molecule has 29 heavy (non-hydrogen) atoms. The van der Waals surface area contributed by atoms with Gasteiger partial charge in [0.2, 0.25) is 11.8 Å². The van der Waals surface area contributed by atoms with Gasteiger partial charge in [0.05, 0.1) is 12.5 Å². The van der Waals surface area contributed by atoms with Crippen LogP contribution in [0.1, 0.15) is 46.4 Å². The molecule has 1 fully saturated rings. The van der Waals surface area contributed by atoms with Crippen molar-refractivity contribution in [1.82, 2.24) is 19.8 Å². The lowest BCUT2D eigenvalue weighted by Crippen LogP contribution is -2.52. The van der Waals surface area contributed by atoms with Crippen LogP contribution in [0.2, 0.25) is 0 Å². The highest BCUT2D eigenvalue weighted by atomic mass is 16.2. The van der Waals surface area contributed by atoms with Gasteiger partial charge in [-0.2, -0.15) is 0 Å². The number of rotatable bonds is 4. The molecule has 1 saturated heterocycles. The first-order valence-corrected chi connectivity index (χ1v) is 9.57. The minimum atomic E-state index is -0.633. The van der Waals surface area contributed by atoms with Crippen molar-refractivity contribution in [2.24, 2.45) is 5.73 Å². The van der Waals surface area contributed by atoms with E-state index in [0.717, 1.165) is 29.8 Å². The van der Waals surface area contributed by atoms with E-state index < -0.39 is 11.9 Å². The van der Waals surface area contributed by atoms with Crippen molar-refractivity contribution in [3.8, 4) is 11.8 Å². The number of imidazole rings is 1. The number of carbonyl (C=O) groups excluding carboxylic acids is 3. The molecule has 1 atom stereocenters. The third-order valence-electron chi connectivity index (χ3n) is 5.22. The molecule has 0 bridgehead atoms. The third kappa shape index (κ3) is 3.65. The van der Waals surface area contributed by atoms with E-state index in [9.17, 15) is 14.4 Å². The maximum absolute atomic E-state index is 12.9. The number of benzene rings is 1. The molecule has 0 radical (unpaired) electrons. The molecule has 3 heterocycles. The monoisotopic (exact) mass is 391 g/mol. The van der Waals surface area contributed by atoms with Gasteiger partial charge in [-0.15, -0.1) is 0 Å². The Balaban J connectivity index is 1.59. The van der Waals surface area contributed by atoms with Crippen molar-refractivity contribution < 1.29 is 14.4 Å². The Hall–Kier alpha value is -3.44. The van der Waals surface area contributed by atoms with Crippen LogP contribution in [-0.2, 0) is 22.7 Å². The number of fused-ring (bicyclic) bond motifs is 1. The fourth-order valence-electron chi connectivity index (χ4n) is 3.70. The van der Waals surface area contributed by atoms with Crippen molar-refractivity contribution >= 4 is 17.7 Å². The number of carbonyl (C=O) groups is 3. The van der Waals surface area contributed by atoms with E-state index in [4.69, 9.17) is 5.73 Å². The van der Waals surface area contributed by atoms with E-state index in [1.165, 1.54) is 4.90 Å². The number of amides is 3. The van der Waals surface area contributed by atoms with Crippen molar-refractivity contribution in [3.05, 3.63) is 53.1 Å². The highest BCUT2D eigenvalue weighted by Crippen LogP contribution is 2.29. The van der Waals surface area contributed by atoms with Gasteiger partial charge in [-0.05, 0) is 43.0 Å². The van der Waals surface area contributed by atoms with Gasteiger partial charge < -0.3 is 15.2 Å². The summed E-state index contributed by atoms with van der Waals surface area (Å²) in [6.07, 6.45) is 4.83. The van der Waals surface area contributed by atoms with Crippen LogP contribution in [0.25, 0.3) is 0 Å². The van der Waals surface area contributed by atoms with Crippen LogP contribution in [-0.4, -0.2) is 44.8 Å². The predicted octanol–water partition coefficient (Wildman–Crippen LogP) is 0.393. The molecular weight excluding hydrogens is 370 g/mol. The Morgan fingerprint density at radius 1 is 1.24 bits per heavy atom. The Bertz CT molecular complexity index is 1050. The zero-order valence-corrected chi connectivity index (χ0v) is 15.9. The van der Waals surface area contributed by atoms with Crippen LogP contribution < -0.4 is 11.1 Å². The van der Waals surface area contributed by atoms with Gasteiger partial charge in [0.15, 0.2) is 0 Å². The van der Waals surface area contributed by atoms with Gasteiger partial charge in [0, 0.05) is 30.6 Å². The molecule has 1 aromatic heterocycles. The molecular formula is C21H21N5O3. The Morgan fingerprint density at radius 2 is 2.10 bits per heavy atom. The number of imide groups is 1. The fourth-order valence-corrected chi connectivity index (χ4v) is 3.70. The molecule has 2 aromatic rings. The van der Waals surface area contributed by atoms with E-state index in [0.29, 0.717) is 25.1 Å². The molecule has 4 rings (SSSR count). The first kappa shape index (κ1) is 18.9. The number of aryl methyl sites for hydroxylation is 1. The standard InChI is InChI=1S/C21H21N5O3/c22-9-2-10-25-13-23-11-15(25)6-5-14-3-1-4-16-17(14)12-26(21(16)29)18-7-8-19(27)24-20(18)28/h1,3-4,11,13,18H,2,7-10,12,22H2,(H,24,27,28). The van der Waals surface area contributed by atoms with Crippen LogP contribution in [0, 0.1) is 11.8 Å². The summed E-state index contributed by atoms with van der Waals surface area (Å²) >= 11 is 0. The topological polar surface area (TPSA) is 110 Å². The Kier molecular flexibility index (Phi) is 5.14. The second-order valence-electron chi connectivity index (χ2n) is 7.10. The van der Waals surface area contributed by atoms with Crippen molar-refractivity contribution in [2.45, 2.75) is 38.4 Å². The average Bonchev–Trinajstić information content (AvgIpc) is 3.29. The van der Waals surface area contributed by atoms with Crippen LogP contribution in [0.3, 0.4) is 0 Å². The quantitative estimate of drug-likeness (QED) is 0.579. The van der Waals surface area contributed by atoms with Gasteiger partial charge in [0.1, 0.15) is 11.7 Å². The molecule has 8 nitrogen and oxygen atoms in total. The number of hydrogen-bond acceptors (Lipinski definition) is 5. The zero-order valence-electron chi connectivity index (χ0n) is 15.9. The smallest absolute Gasteiger partial charge is 0.255 e. The summed E-state index contributed by atoms with van der Waals surface area (Å²) in [6.45, 7) is 1.64. The van der Waals surface area contributed by atoms with E-state index in [1.807, 2.05) is 10.6 Å². The number of nitrogens with zero attached hydrogens (tertiary/aromatic N) is 3. The normalized spacial score (nSPS) is 18.3. The molecule has 148 valence electrons. The van der Waals surface area contributed by atoms with E-state index in [1.54, 1.807) is 24.7 Å². The summed E-state index contributed by atoms with van der Waals surface area (Å²) in [7, 11) is 0. The highest BCUT2D eigenvalue weighted by molar-refractivity contribution is 6.05. The molecule has 3 amide bonds. The molecule has 0 aliphatic carbocycles. The van der Waals surface area contributed by atoms with Crippen LogP contribution in [0.5, 0.6) is 0 Å². The van der Waals surface area contributed by atoms with E-state index in [2.05, 4.69) is 22.1 Å². The predicted molar refractivity (Wildman–Crippen MR) is 104 cm³/mol. The lowest BCUT2D eigenvalue weighted by atomic mass is 10.0. The summed E-state index contributed by atoms with van der Waals surface area (Å²) in [5.74, 6) is 5.36. The van der Waals surface area contributed by atoms with Crippen molar-refractivity contribution in [1.29, 1.82) is 0 Å². The first-order chi connectivity index (χ1) is 14.1. The SMILES string of the molecule is NCCCn1cncc1C#Cc1cccc2c1CN(C1CCC(=O)NC1=O)C2=O. The van der Waals surface area contributed by atoms with Crippen molar-refractivity contribution in [3.63, 3.8) is 0 Å². The fraction of sp³-hybridized carbons (Fsp3) is 0.333. The number of piperidine rings is 1. The van der Waals surface area contributed by atoms with E-state index in [-0.39, 0.29) is 18.2 Å². The number of nitrogens with two attached hydrogens (primary N) is 1. The van der Waals surface area contributed by atoms with Gasteiger partial charge in [-0.1, -0.05) is 12.0 Å². The lowest BCUT2D eigenvalue weighted by Gasteiger charge is -2.29.